The van der Waals surface area contributed by atoms with Gasteiger partial charge in [-0.15, -0.1) is 0 Å². The van der Waals surface area contributed by atoms with Gasteiger partial charge in [0.25, 0.3) is 0 Å². The highest BCUT2D eigenvalue weighted by atomic mass is 15.3. The monoisotopic (exact) mass is 387 g/mol. The molecule has 3 aromatic rings. The smallest absolute Gasteiger partial charge is 0.227 e. The third-order valence-corrected chi connectivity index (χ3v) is 5.36. The van der Waals surface area contributed by atoms with Crippen molar-refractivity contribution in [3.63, 3.8) is 0 Å². The maximum Gasteiger partial charge on any atom is 0.227 e. The molecular formula is C24H29N5. The second-order valence-corrected chi connectivity index (χ2v) is 7.57. The molecule has 5 heteroatoms. The zero-order valence-electron chi connectivity index (χ0n) is 17.1. The van der Waals surface area contributed by atoms with Crippen molar-refractivity contribution in [2.24, 2.45) is 0 Å². The zero-order chi connectivity index (χ0) is 19.9. The van der Waals surface area contributed by atoms with E-state index in [2.05, 4.69) is 81.6 Å². The van der Waals surface area contributed by atoms with Crippen LogP contribution >= 0.6 is 0 Å². The summed E-state index contributed by atoms with van der Waals surface area (Å²) < 4.78 is 0. The largest absolute Gasteiger partial charge is 0.370 e. The van der Waals surface area contributed by atoms with Crippen LogP contribution in [0.1, 0.15) is 17.5 Å². The van der Waals surface area contributed by atoms with Gasteiger partial charge < -0.3 is 15.1 Å². The average Bonchev–Trinajstić information content (AvgIpc) is 2.78. The molecule has 0 saturated carbocycles. The van der Waals surface area contributed by atoms with Gasteiger partial charge in [0.15, 0.2) is 0 Å². The molecule has 5 nitrogen and oxygen atoms in total. The Morgan fingerprint density at radius 3 is 2.48 bits per heavy atom. The Bertz CT molecular complexity index is 904. The lowest BCUT2D eigenvalue weighted by Gasteiger charge is -2.36. The standard InChI is InChI=1S/C24H29N5/c1-20-7-5-11-22(19-20)28-15-17-29(18-16-28)24-26-14-12-23(27-24)25-13-6-10-21-8-3-2-4-9-21/h2-5,7-9,11-12,14,19H,6,10,13,15-18H2,1H3,(H,25,26,27). The summed E-state index contributed by atoms with van der Waals surface area (Å²) in [4.78, 5) is 14.0. The molecule has 0 amide bonds. The van der Waals surface area contributed by atoms with E-state index in [0.717, 1.165) is 57.3 Å². The van der Waals surface area contributed by atoms with Crippen molar-refractivity contribution in [2.45, 2.75) is 19.8 Å². The fraction of sp³-hybridized carbons (Fsp3) is 0.333. The number of hydrogen-bond donors (Lipinski definition) is 1. The number of aromatic nitrogens is 2. The Hall–Kier alpha value is -3.08. The van der Waals surface area contributed by atoms with Gasteiger partial charge in [-0.05, 0) is 49.1 Å². The van der Waals surface area contributed by atoms with Crippen LogP contribution in [0.25, 0.3) is 0 Å². The molecule has 1 N–H and O–H groups in total. The molecule has 2 heterocycles. The number of piperazine rings is 1. The van der Waals surface area contributed by atoms with Crippen LogP contribution in [0.3, 0.4) is 0 Å². The van der Waals surface area contributed by atoms with E-state index in [1.54, 1.807) is 0 Å². The molecule has 0 aliphatic carbocycles. The second kappa shape index (κ2) is 9.41. The van der Waals surface area contributed by atoms with Gasteiger partial charge in [-0.1, -0.05) is 42.5 Å². The van der Waals surface area contributed by atoms with Crippen molar-refractivity contribution in [3.05, 3.63) is 78.0 Å². The van der Waals surface area contributed by atoms with E-state index in [-0.39, 0.29) is 0 Å². The molecule has 0 radical (unpaired) electrons. The summed E-state index contributed by atoms with van der Waals surface area (Å²) in [6.07, 6.45) is 4.01. The summed E-state index contributed by atoms with van der Waals surface area (Å²) in [5.74, 6) is 1.73. The van der Waals surface area contributed by atoms with Crippen molar-refractivity contribution >= 4 is 17.5 Å². The lowest BCUT2D eigenvalue weighted by Crippen LogP contribution is -2.47. The summed E-state index contributed by atoms with van der Waals surface area (Å²) in [5.41, 5.74) is 3.99. The van der Waals surface area contributed by atoms with Crippen LogP contribution in [-0.4, -0.2) is 42.7 Å². The molecule has 1 aromatic heterocycles. The van der Waals surface area contributed by atoms with Gasteiger partial charge in [-0.25, -0.2) is 4.98 Å². The van der Waals surface area contributed by atoms with E-state index in [9.17, 15) is 0 Å². The fourth-order valence-corrected chi connectivity index (χ4v) is 3.74. The fourth-order valence-electron chi connectivity index (χ4n) is 3.74. The molecule has 1 saturated heterocycles. The molecule has 1 aliphatic rings. The Kier molecular flexibility index (Phi) is 6.25. The minimum atomic E-state index is 0.821. The van der Waals surface area contributed by atoms with Crippen molar-refractivity contribution in [1.82, 2.24) is 9.97 Å². The molecule has 1 aliphatic heterocycles. The van der Waals surface area contributed by atoms with Crippen LogP contribution in [0.4, 0.5) is 17.5 Å². The van der Waals surface area contributed by atoms with Crippen LogP contribution < -0.4 is 15.1 Å². The Labute approximate surface area is 173 Å². The van der Waals surface area contributed by atoms with Crippen molar-refractivity contribution < 1.29 is 0 Å². The zero-order valence-corrected chi connectivity index (χ0v) is 17.1. The predicted molar refractivity (Wildman–Crippen MR) is 121 cm³/mol. The summed E-state index contributed by atoms with van der Waals surface area (Å²) in [7, 11) is 0. The number of hydrogen-bond acceptors (Lipinski definition) is 5. The molecule has 0 spiro atoms. The minimum absolute atomic E-state index is 0.821. The van der Waals surface area contributed by atoms with E-state index in [1.807, 2.05) is 12.3 Å². The normalized spacial score (nSPS) is 14.1. The van der Waals surface area contributed by atoms with Crippen LogP contribution in [-0.2, 0) is 6.42 Å². The van der Waals surface area contributed by atoms with E-state index < -0.39 is 0 Å². The summed E-state index contributed by atoms with van der Waals surface area (Å²) in [6.45, 7) is 6.90. The maximum atomic E-state index is 4.74. The first kappa shape index (κ1) is 19.2. The van der Waals surface area contributed by atoms with Crippen molar-refractivity contribution in [1.29, 1.82) is 0 Å². The quantitative estimate of drug-likeness (QED) is 0.617. The average molecular weight is 388 g/mol. The number of nitrogens with one attached hydrogen (secondary N) is 1. The van der Waals surface area contributed by atoms with Gasteiger partial charge in [0.1, 0.15) is 5.82 Å². The van der Waals surface area contributed by atoms with E-state index in [4.69, 9.17) is 4.98 Å². The van der Waals surface area contributed by atoms with Gasteiger partial charge in [0, 0.05) is 44.6 Å². The summed E-state index contributed by atoms with van der Waals surface area (Å²) in [6, 6.07) is 21.3. The van der Waals surface area contributed by atoms with E-state index in [0.29, 0.717) is 0 Å². The summed E-state index contributed by atoms with van der Waals surface area (Å²) >= 11 is 0. The van der Waals surface area contributed by atoms with Gasteiger partial charge in [0.05, 0.1) is 0 Å². The molecule has 29 heavy (non-hydrogen) atoms. The molecule has 0 bridgehead atoms. The van der Waals surface area contributed by atoms with Crippen LogP contribution in [0, 0.1) is 6.92 Å². The van der Waals surface area contributed by atoms with Crippen molar-refractivity contribution in [2.75, 3.05) is 47.8 Å². The highest BCUT2D eigenvalue weighted by molar-refractivity contribution is 5.50. The number of benzene rings is 2. The van der Waals surface area contributed by atoms with Crippen molar-refractivity contribution in [3.8, 4) is 0 Å². The topological polar surface area (TPSA) is 44.3 Å². The first-order valence-electron chi connectivity index (χ1n) is 10.5. The summed E-state index contributed by atoms with van der Waals surface area (Å²) in [5, 5.41) is 3.45. The predicted octanol–water partition coefficient (Wildman–Crippen LogP) is 4.16. The van der Waals surface area contributed by atoms with Gasteiger partial charge in [0.2, 0.25) is 5.95 Å². The molecule has 0 unspecified atom stereocenters. The van der Waals surface area contributed by atoms with Crippen LogP contribution in [0.2, 0.25) is 0 Å². The maximum absolute atomic E-state index is 4.74. The van der Waals surface area contributed by atoms with E-state index >= 15 is 0 Å². The Balaban J connectivity index is 1.27. The molecule has 150 valence electrons. The number of aryl methyl sites for hydroxylation is 2. The molecule has 2 aromatic carbocycles. The lowest BCUT2D eigenvalue weighted by molar-refractivity contribution is 0.640. The highest BCUT2D eigenvalue weighted by Crippen LogP contribution is 2.20. The number of rotatable bonds is 7. The van der Waals surface area contributed by atoms with Gasteiger partial charge >= 0.3 is 0 Å². The lowest BCUT2D eigenvalue weighted by atomic mass is 10.1. The number of nitrogens with zero attached hydrogens (tertiary/aromatic N) is 4. The Morgan fingerprint density at radius 2 is 1.69 bits per heavy atom. The molecule has 1 fully saturated rings. The third-order valence-electron chi connectivity index (χ3n) is 5.36. The minimum Gasteiger partial charge on any atom is -0.370 e. The van der Waals surface area contributed by atoms with Crippen LogP contribution in [0.5, 0.6) is 0 Å². The van der Waals surface area contributed by atoms with Gasteiger partial charge in [-0.3, -0.25) is 0 Å². The Morgan fingerprint density at radius 1 is 0.897 bits per heavy atom. The van der Waals surface area contributed by atoms with E-state index in [1.165, 1.54) is 16.8 Å². The van der Waals surface area contributed by atoms with Crippen LogP contribution in [0.15, 0.2) is 66.9 Å². The second-order valence-electron chi connectivity index (χ2n) is 7.57. The SMILES string of the molecule is Cc1cccc(N2CCN(c3nccc(NCCCc4ccccc4)n3)CC2)c1. The number of anilines is 3. The highest BCUT2D eigenvalue weighted by Gasteiger charge is 2.19. The molecule has 4 rings (SSSR count). The van der Waals surface area contributed by atoms with Gasteiger partial charge in [-0.2, -0.15) is 4.98 Å². The first-order chi connectivity index (χ1) is 14.3. The third kappa shape index (κ3) is 5.25. The molecule has 0 atom stereocenters. The molecular weight excluding hydrogens is 358 g/mol. The first-order valence-corrected chi connectivity index (χ1v) is 10.5.